The summed E-state index contributed by atoms with van der Waals surface area (Å²) >= 11 is 0. The Balaban J connectivity index is 1.63. The quantitative estimate of drug-likeness (QED) is 0.310. The number of hydrogen-bond acceptors (Lipinski definition) is 4. The van der Waals surface area contributed by atoms with Crippen LogP contribution in [0.2, 0.25) is 0 Å². The maximum absolute atomic E-state index is 13.2. The number of alkyl halides is 9. The molecule has 1 aliphatic rings. The molecule has 1 saturated carbocycles. The van der Waals surface area contributed by atoms with E-state index >= 15 is 0 Å². The fraction of sp³-hybridized carbons (Fsp3) is 0.348. The van der Waals surface area contributed by atoms with E-state index in [1.807, 2.05) is 0 Å². The van der Waals surface area contributed by atoms with Gasteiger partial charge in [-0.25, -0.2) is 17.8 Å². The molecule has 1 aliphatic carbocycles. The number of nitrogens with zero attached hydrogens (tertiary/aromatic N) is 2. The third kappa shape index (κ3) is 7.44. The molecule has 1 N–H and O–H groups in total. The largest absolute Gasteiger partial charge is 0.439 e. The van der Waals surface area contributed by atoms with E-state index in [0.29, 0.717) is 16.8 Å². The highest BCUT2D eigenvalue weighted by molar-refractivity contribution is 7.89. The fourth-order valence-corrected chi connectivity index (χ4v) is 5.26. The van der Waals surface area contributed by atoms with Crippen molar-refractivity contribution in [3.63, 3.8) is 0 Å². The number of benzene rings is 2. The Hall–Kier alpha value is -3.27. The maximum Gasteiger partial charge on any atom is 0.416 e. The first-order chi connectivity index (χ1) is 17.8. The molecule has 212 valence electrons. The molecular weight excluding hydrogens is 569 g/mol. The first kappa shape index (κ1) is 28.7. The molecule has 0 atom stereocenters. The van der Waals surface area contributed by atoms with Gasteiger partial charge in [0.2, 0.25) is 15.9 Å². The molecule has 0 aliphatic heterocycles. The van der Waals surface area contributed by atoms with E-state index < -0.39 is 57.8 Å². The Labute approximate surface area is 215 Å². The van der Waals surface area contributed by atoms with E-state index in [-0.39, 0.29) is 35.4 Å². The van der Waals surface area contributed by atoms with Gasteiger partial charge in [-0.3, -0.25) is 0 Å². The molecule has 39 heavy (non-hydrogen) atoms. The molecule has 3 aromatic rings. The first-order valence-electron chi connectivity index (χ1n) is 11.0. The van der Waals surface area contributed by atoms with Crippen LogP contribution in [-0.2, 0) is 28.3 Å². The van der Waals surface area contributed by atoms with Crippen molar-refractivity contribution in [1.29, 1.82) is 0 Å². The van der Waals surface area contributed by atoms with Gasteiger partial charge in [0.05, 0.1) is 16.8 Å². The zero-order chi connectivity index (χ0) is 28.9. The lowest BCUT2D eigenvalue weighted by Gasteiger charge is -2.19. The molecule has 0 saturated heterocycles. The summed E-state index contributed by atoms with van der Waals surface area (Å²) in [7, 11) is -4.74. The second-order valence-corrected chi connectivity index (χ2v) is 10.6. The van der Waals surface area contributed by atoms with Crippen molar-refractivity contribution in [2.45, 2.75) is 43.5 Å². The highest BCUT2D eigenvalue weighted by Gasteiger charge is 2.49. The second-order valence-electron chi connectivity index (χ2n) is 8.90. The summed E-state index contributed by atoms with van der Waals surface area (Å²) in [5, 5.41) is 3.89. The van der Waals surface area contributed by atoms with Crippen molar-refractivity contribution in [3.05, 3.63) is 65.7 Å². The Bertz CT molecular complexity index is 1440. The van der Waals surface area contributed by atoms with Crippen molar-refractivity contribution in [3.8, 4) is 22.9 Å². The van der Waals surface area contributed by atoms with Crippen LogP contribution in [-0.4, -0.2) is 36.3 Å². The summed E-state index contributed by atoms with van der Waals surface area (Å²) in [5.41, 5.74) is -1.88. The predicted octanol–water partition coefficient (Wildman–Crippen LogP) is 6.39. The SMILES string of the molecule is O=S(=O)(CC(F)(F)F)NC1(c2cccc(-c3cc(Oc4ccc(C(F)(F)F)cc4)n(CC(F)(F)F)n3)c2)CC1. The van der Waals surface area contributed by atoms with Gasteiger partial charge in [-0.05, 0) is 48.7 Å². The smallest absolute Gasteiger partial charge is 0.416 e. The summed E-state index contributed by atoms with van der Waals surface area (Å²) in [4.78, 5) is 0. The van der Waals surface area contributed by atoms with Crippen LogP contribution >= 0.6 is 0 Å². The van der Waals surface area contributed by atoms with Crippen molar-refractivity contribution >= 4 is 10.0 Å². The van der Waals surface area contributed by atoms with Crippen LogP contribution < -0.4 is 9.46 Å². The minimum absolute atomic E-state index is 0.0584. The zero-order valence-corrected chi connectivity index (χ0v) is 20.3. The highest BCUT2D eigenvalue weighted by Crippen LogP contribution is 2.47. The average Bonchev–Trinajstić information content (AvgIpc) is 3.44. The zero-order valence-electron chi connectivity index (χ0n) is 19.5. The van der Waals surface area contributed by atoms with Crippen LogP contribution in [0, 0.1) is 0 Å². The highest BCUT2D eigenvalue weighted by atomic mass is 32.2. The maximum atomic E-state index is 13.2. The molecule has 6 nitrogen and oxygen atoms in total. The van der Waals surface area contributed by atoms with Gasteiger partial charge in [-0.2, -0.15) is 44.6 Å². The van der Waals surface area contributed by atoms with Crippen molar-refractivity contribution in [2.24, 2.45) is 0 Å². The Morgan fingerprint density at radius 2 is 1.54 bits per heavy atom. The predicted molar refractivity (Wildman–Crippen MR) is 119 cm³/mol. The summed E-state index contributed by atoms with van der Waals surface area (Å²) in [6.45, 7) is -1.59. The van der Waals surface area contributed by atoms with E-state index in [1.165, 1.54) is 24.3 Å². The lowest BCUT2D eigenvalue weighted by atomic mass is 10.0. The number of ether oxygens (including phenoxy) is 1. The van der Waals surface area contributed by atoms with E-state index in [9.17, 15) is 47.9 Å². The monoisotopic (exact) mass is 587 g/mol. The summed E-state index contributed by atoms with van der Waals surface area (Å²) in [6, 6.07) is 10.1. The van der Waals surface area contributed by atoms with Gasteiger partial charge >= 0.3 is 18.5 Å². The lowest BCUT2D eigenvalue weighted by Crippen LogP contribution is -2.40. The molecule has 16 heteroatoms. The minimum atomic E-state index is -4.96. The Morgan fingerprint density at radius 1 is 0.897 bits per heavy atom. The Morgan fingerprint density at radius 3 is 2.08 bits per heavy atom. The number of nitrogens with one attached hydrogen (secondary N) is 1. The summed E-state index contributed by atoms with van der Waals surface area (Å²) < 4.78 is 148. The third-order valence-corrected chi connectivity index (χ3v) is 7.05. The topological polar surface area (TPSA) is 73.2 Å². The number of halogens is 9. The van der Waals surface area contributed by atoms with E-state index in [1.54, 1.807) is 0 Å². The molecule has 2 aromatic carbocycles. The lowest BCUT2D eigenvalue weighted by molar-refractivity contribution is -0.143. The number of aromatic nitrogens is 2. The van der Waals surface area contributed by atoms with Gasteiger partial charge in [0, 0.05) is 11.6 Å². The second kappa shape index (κ2) is 9.73. The van der Waals surface area contributed by atoms with Crippen LogP contribution in [0.25, 0.3) is 11.3 Å². The number of rotatable bonds is 8. The normalized spacial score (nSPS) is 15.8. The summed E-state index contributed by atoms with van der Waals surface area (Å²) in [6.07, 6.45) is -13.9. The van der Waals surface area contributed by atoms with Crippen LogP contribution in [0.1, 0.15) is 24.0 Å². The third-order valence-electron chi connectivity index (χ3n) is 5.64. The molecule has 0 radical (unpaired) electrons. The van der Waals surface area contributed by atoms with Crippen LogP contribution in [0.5, 0.6) is 11.6 Å². The standard InChI is InChI=1S/C23H18F9N3O3S/c24-21(25,26)12-35-19(38-17-6-4-15(5-7-17)23(30,31)32)11-18(33-35)14-2-1-3-16(10-14)20(8-9-20)34-39(36,37)13-22(27,28)29/h1-7,10-11,34H,8-9,12-13H2. The minimum Gasteiger partial charge on any atom is -0.439 e. The van der Waals surface area contributed by atoms with E-state index in [2.05, 4.69) is 9.82 Å². The van der Waals surface area contributed by atoms with Gasteiger partial charge in [0.1, 0.15) is 12.3 Å². The van der Waals surface area contributed by atoms with E-state index in [4.69, 9.17) is 4.74 Å². The molecule has 4 rings (SSSR count). The van der Waals surface area contributed by atoms with Crippen molar-refractivity contribution in [1.82, 2.24) is 14.5 Å². The average molecular weight is 587 g/mol. The Kier molecular flexibility index (Phi) is 7.17. The summed E-state index contributed by atoms with van der Waals surface area (Å²) in [5.74, 6) is -2.71. The molecule has 0 amide bonds. The molecule has 1 heterocycles. The fourth-order valence-electron chi connectivity index (χ4n) is 3.84. The molecular formula is C23H18F9N3O3S. The van der Waals surface area contributed by atoms with Crippen LogP contribution in [0.3, 0.4) is 0 Å². The number of hydrogen-bond donors (Lipinski definition) is 1. The van der Waals surface area contributed by atoms with Gasteiger partial charge in [-0.15, -0.1) is 0 Å². The first-order valence-corrected chi connectivity index (χ1v) is 12.7. The molecule has 1 fully saturated rings. The molecule has 0 spiro atoms. The van der Waals surface area contributed by atoms with Gasteiger partial charge in [-0.1, -0.05) is 18.2 Å². The van der Waals surface area contributed by atoms with E-state index in [0.717, 1.165) is 18.2 Å². The van der Waals surface area contributed by atoms with Crippen LogP contribution in [0.4, 0.5) is 39.5 Å². The number of sulfonamides is 1. The van der Waals surface area contributed by atoms with Crippen LogP contribution in [0.15, 0.2) is 54.6 Å². The van der Waals surface area contributed by atoms with Gasteiger partial charge in [0.15, 0.2) is 5.75 Å². The van der Waals surface area contributed by atoms with Gasteiger partial charge < -0.3 is 4.74 Å². The van der Waals surface area contributed by atoms with Crippen molar-refractivity contribution in [2.75, 3.05) is 5.75 Å². The van der Waals surface area contributed by atoms with Gasteiger partial charge in [0.25, 0.3) is 0 Å². The molecule has 1 aromatic heterocycles. The molecule has 0 bridgehead atoms. The molecule has 0 unspecified atom stereocenters. The van der Waals surface area contributed by atoms with Crippen molar-refractivity contribution < 1.29 is 52.7 Å².